The molecule has 9 heteroatoms. The zero-order chi connectivity index (χ0) is 34.9. The number of carbonyl (C=O) groups excluding carboxylic acids is 4. The molecule has 2 saturated heterocycles. The van der Waals surface area contributed by atoms with Crippen LogP contribution in [0.1, 0.15) is 47.9 Å². The van der Waals surface area contributed by atoms with Crippen LogP contribution in [-0.4, -0.2) is 33.7 Å². The number of phenols is 1. The van der Waals surface area contributed by atoms with Crippen LogP contribution in [0.5, 0.6) is 5.75 Å². The summed E-state index contributed by atoms with van der Waals surface area (Å²) in [6, 6.07) is 27.8. The van der Waals surface area contributed by atoms with Gasteiger partial charge in [-0.1, -0.05) is 84.8 Å². The average molecular weight is 670 g/mol. The molecule has 252 valence electrons. The second-order valence-corrected chi connectivity index (χ2v) is 13.8. The summed E-state index contributed by atoms with van der Waals surface area (Å²) >= 11 is 0. The maximum absolute atomic E-state index is 15.3. The Morgan fingerprint density at radius 3 is 2.26 bits per heavy atom. The molecule has 8 nitrogen and oxygen atoms in total. The van der Waals surface area contributed by atoms with Crippen molar-refractivity contribution in [1.29, 1.82) is 0 Å². The lowest BCUT2D eigenvalue weighted by molar-refractivity contribution is -0.138. The standard InChI is InChI=1S/C41H36FN3O5/c1-3-24-11-16-28(17-12-24)44-37(47)30-19-18-29-31(35(30)39(44)49)22-32-38(48)45(43-27-14-9-23(2)10-15-27)40(50)41(32,26-7-5-4-6-8-26)36(29)25-13-20-34(46)33(42)21-25/h4-18,20-21,30-32,35-36,43,46H,3,19,22H2,1-2H3/t30-,31+,32-,35-,36-,41+/m0/s1. The van der Waals surface area contributed by atoms with Gasteiger partial charge in [-0.2, -0.15) is 5.01 Å². The van der Waals surface area contributed by atoms with Crippen LogP contribution in [0.2, 0.25) is 0 Å². The second kappa shape index (κ2) is 11.8. The van der Waals surface area contributed by atoms with Gasteiger partial charge in [0.15, 0.2) is 11.6 Å². The molecule has 3 fully saturated rings. The highest BCUT2D eigenvalue weighted by Crippen LogP contribution is 2.64. The zero-order valence-electron chi connectivity index (χ0n) is 27.7. The number of aryl methyl sites for hydroxylation is 2. The van der Waals surface area contributed by atoms with Gasteiger partial charge in [0, 0.05) is 5.92 Å². The van der Waals surface area contributed by atoms with E-state index >= 15 is 9.18 Å². The molecule has 2 aliphatic heterocycles. The average Bonchev–Trinajstić information content (AvgIpc) is 3.51. The van der Waals surface area contributed by atoms with E-state index in [0.29, 0.717) is 22.5 Å². The molecule has 50 heavy (non-hydrogen) atoms. The predicted molar refractivity (Wildman–Crippen MR) is 185 cm³/mol. The quantitative estimate of drug-likeness (QED) is 0.177. The zero-order valence-corrected chi connectivity index (χ0v) is 27.7. The first-order valence-corrected chi connectivity index (χ1v) is 17.1. The molecule has 4 amide bonds. The monoisotopic (exact) mass is 669 g/mol. The number of hydrazine groups is 1. The van der Waals surface area contributed by atoms with Gasteiger partial charge in [0.05, 0.1) is 34.5 Å². The minimum absolute atomic E-state index is 0.136. The van der Waals surface area contributed by atoms with Crippen molar-refractivity contribution < 1.29 is 28.7 Å². The highest BCUT2D eigenvalue weighted by molar-refractivity contribution is 6.22. The summed E-state index contributed by atoms with van der Waals surface area (Å²) in [7, 11) is 0. The number of anilines is 2. The molecule has 6 atom stereocenters. The molecule has 4 aromatic rings. The van der Waals surface area contributed by atoms with Crippen LogP contribution in [0.3, 0.4) is 0 Å². The highest BCUT2D eigenvalue weighted by atomic mass is 19.1. The van der Waals surface area contributed by atoms with Crippen molar-refractivity contribution in [1.82, 2.24) is 5.01 Å². The molecule has 4 aliphatic rings. The third kappa shape index (κ3) is 4.56. The van der Waals surface area contributed by atoms with E-state index in [0.717, 1.165) is 28.1 Å². The van der Waals surface area contributed by atoms with E-state index in [1.165, 1.54) is 17.0 Å². The Bertz CT molecular complexity index is 2080. The Morgan fingerprint density at radius 2 is 1.58 bits per heavy atom. The molecule has 2 N–H and O–H groups in total. The first-order valence-electron chi connectivity index (χ1n) is 17.1. The molecule has 0 radical (unpaired) electrons. The minimum atomic E-state index is -1.52. The number of hydrogen-bond acceptors (Lipinski definition) is 6. The van der Waals surface area contributed by atoms with Gasteiger partial charge in [-0.05, 0) is 85.2 Å². The number of nitrogens with one attached hydrogen (secondary N) is 1. The lowest BCUT2D eigenvalue weighted by Gasteiger charge is -2.50. The largest absolute Gasteiger partial charge is 0.505 e. The van der Waals surface area contributed by atoms with Crippen molar-refractivity contribution in [2.24, 2.45) is 23.7 Å². The number of fused-ring (bicyclic) bond motifs is 4. The van der Waals surface area contributed by atoms with Crippen LogP contribution in [0.15, 0.2) is 109 Å². The van der Waals surface area contributed by atoms with Crippen molar-refractivity contribution in [3.05, 3.63) is 137 Å². The number of hydrogen-bond donors (Lipinski definition) is 2. The van der Waals surface area contributed by atoms with E-state index in [1.807, 2.05) is 74.5 Å². The van der Waals surface area contributed by atoms with Gasteiger partial charge in [-0.3, -0.25) is 29.5 Å². The van der Waals surface area contributed by atoms with Crippen LogP contribution in [0, 0.1) is 36.4 Å². The molecule has 0 unspecified atom stereocenters. The smallest absolute Gasteiger partial charge is 0.260 e. The van der Waals surface area contributed by atoms with E-state index in [1.54, 1.807) is 30.3 Å². The Hall–Kier alpha value is -5.57. The summed E-state index contributed by atoms with van der Waals surface area (Å²) < 4.78 is 15.3. The van der Waals surface area contributed by atoms with Crippen molar-refractivity contribution in [2.45, 2.75) is 44.4 Å². The van der Waals surface area contributed by atoms with Gasteiger partial charge in [0.25, 0.3) is 11.8 Å². The summed E-state index contributed by atoms with van der Waals surface area (Å²) in [6.07, 6.45) is 3.14. The van der Waals surface area contributed by atoms with Gasteiger partial charge >= 0.3 is 0 Å². The first kappa shape index (κ1) is 31.7. The van der Waals surface area contributed by atoms with Gasteiger partial charge < -0.3 is 5.11 Å². The molecule has 0 aromatic heterocycles. The molecule has 2 heterocycles. The first-order chi connectivity index (χ1) is 24.1. The SMILES string of the molecule is CCc1ccc(N2C(=O)[C@H]3[C@H](CC=C4[C@H]3C[C@H]3C(=O)N(Nc5ccc(C)cc5)C(=O)[C@@]3(c3ccccc3)[C@H]4c3ccc(O)c(F)c3)C2=O)cc1. The molecule has 2 aliphatic carbocycles. The second-order valence-electron chi connectivity index (χ2n) is 13.8. The van der Waals surface area contributed by atoms with Gasteiger partial charge in [0.1, 0.15) is 0 Å². The van der Waals surface area contributed by atoms with E-state index in [9.17, 15) is 19.5 Å². The van der Waals surface area contributed by atoms with Crippen molar-refractivity contribution >= 4 is 35.0 Å². The van der Waals surface area contributed by atoms with Crippen LogP contribution in [0.25, 0.3) is 0 Å². The molecular formula is C41H36FN3O5. The summed E-state index contributed by atoms with van der Waals surface area (Å²) in [5, 5.41) is 11.3. The van der Waals surface area contributed by atoms with Crippen LogP contribution >= 0.6 is 0 Å². The maximum atomic E-state index is 15.3. The van der Waals surface area contributed by atoms with Crippen LogP contribution in [-0.2, 0) is 31.0 Å². The van der Waals surface area contributed by atoms with Crippen LogP contribution in [0.4, 0.5) is 15.8 Å². The van der Waals surface area contributed by atoms with E-state index < -0.39 is 58.4 Å². The van der Waals surface area contributed by atoms with Crippen molar-refractivity contribution in [2.75, 3.05) is 10.3 Å². The minimum Gasteiger partial charge on any atom is -0.505 e. The van der Waals surface area contributed by atoms with E-state index in [-0.39, 0.29) is 24.7 Å². The summed E-state index contributed by atoms with van der Waals surface area (Å²) in [6.45, 7) is 3.97. The molecule has 0 bridgehead atoms. The number of allylic oxidation sites excluding steroid dienone is 2. The molecule has 4 aromatic carbocycles. The number of aromatic hydroxyl groups is 1. The fourth-order valence-corrected chi connectivity index (χ4v) is 8.96. The lowest BCUT2D eigenvalue weighted by Crippen LogP contribution is -2.53. The molecule has 1 saturated carbocycles. The number of amides is 4. The Kier molecular flexibility index (Phi) is 7.47. The fourth-order valence-electron chi connectivity index (χ4n) is 8.96. The summed E-state index contributed by atoms with van der Waals surface area (Å²) in [4.78, 5) is 59.5. The van der Waals surface area contributed by atoms with E-state index in [2.05, 4.69) is 5.43 Å². The Balaban J connectivity index is 1.30. The normalized spacial score (nSPS) is 27.2. The van der Waals surface area contributed by atoms with Crippen molar-refractivity contribution in [3.63, 3.8) is 0 Å². The lowest BCUT2D eigenvalue weighted by atomic mass is 9.49. The predicted octanol–water partition coefficient (Wildman–Crippen LogP) is 6.59. The number of halogens is 1. The third-order valence-corrected chi connectivity index (χ3v) is 11.3. The van der Waals surface area contributed by atoms with Gasteiger partial charge in [0.2, 0.25) is 11.8 Å². The number of rotatable bonds is 6. The number of imide groups is 2. The van der Waals surface area contributed by atoms with Gasteiger partial charge in [-0.25, -0.2) is 4.39 Å². The highest BCUT2D eigenvalue weighted by Gasteiger charge is 2.70. The number of phenolic OH excluding ortho intramolecular Hbond substituents is 1. The Labute approximate surface area is 289 Å². The fraction of sp³-hybridized carbons (Fsp3) is 0.268. The maximum Gasteiger partial charge on any atom is 0.260 e. The molecule has 0 spiro atoms. The molecule has 8 rings (SSSR count). The number of nitrogens with zero attached hydrogens (tertiary/aromatic N) is 2. The van der Waals surface area contributed by atoms with Crippen LogP contribution < -0.4 is 10.3 Å². The number of benzene rings is 4. The summed E-state index contributed by atoms with van der Waals surface area (Å²) in [5.74, 6) is -6.82. The summed E-state index contributed by atoms with van der Waals surface area (Å²) in [5.41, 5.74) is 6.38. The van der Waals surface area contributed by atoms with E-state index in [4.69, 9.17) is 0 Å². The number of carbonyl (C=O) groups is 4. The van der Waals surface area contributed by atoms with Crippen molar-refractivity contribution in [3.8, 4) is 5.75 Å². The Morgan fingerprint density at radius 1 is 0.860 bits per heavy atom. The van der Waals surface area contributed by atoms with Gasteiger partial charge in [-0.15, -0.1) is 0 Å². The molecular weight excluding hydrogens is 633 g/mol. The topological polar surface area (TPSA) is 107 Å². The third-order valence-electron chi connectivity index (χ3n) is 11.3.